The van der Waals surface area contributed by atoms with Gasteiger partial charge in [0.05, 0.1) is 6.04 Å². The zero-order valence-corrected chi connectivity index (χ0v) is 13.5. The first-order valence-electron chi connectivity index (χ1n) is 8.31. The molecule has 1 rings (SSSR count). The summed E-state index contributed by atoms with van der Waals surface area (Å²) >= 11 is 0. The first kappa shape index (κ1) is 17.4. The highest BCUT2D eigenvalue weighted by atomic mass is 16.1. The standard InChI is InChI=1S/C16H33N3O/c1-4-18-15(16(17)20)10-12-19(11-9-13(2)3)14-7-5-6-8-14/h13-15,18H,4-12H2,1-3H3,(H2,17,20). The van der Waals surface area contributed by atoms with Gasteiger partial charge in [0.25, 0.3) is 0 Å². The highest BCUT2D eigenvalue weighted by Gasteiger charge is 2.24. The lowest BCUT2D eigenvalue weighted by atomic mass is 10.1. The zero-order valence-electron chi connectivity index (χ0n) is 13.5. The molecule has 1 unspecified atom stereocenters. The lowest BCUT2D eigenvalue weighted by Crippen LogP contribution is -2.45. The van der Waals surface area contributed by atoms with E-state index >= 15 is 0 Å². The van der Waals surface area contributed by atoms with Gasteiger partial charge < -0.3 is 16.0 Å². The molecular weight excluding hydrogens is 250 g/mol. The average molecular weight is 283 g/mol. The molecule has 4 nitrogen and oxygen atoms in total. The Labute approximate surface area is 124 Å². The van der Waals surface area contributed by atoms with Gasteiger partial charge in [0, 0.05) is 12.6 Å². The van der Waals surface area contributed by atoms with E-state index in [9.17, 15) is 4.79 Å². The molecule has 0 spiro atoms. The maximum absolute atomic E-state index is 11.4. The number of nitrogens with two attached hydrogens (primary N) is 1. The van der Waals surface area contributed by atoms with E-state index in [0.717, 1.165) is 38.0 Å². The van der Waals surface area contributed by atoms with Gasteiger partial charge in [0.2, 0.25) is 5.91 Å². The summed E-state index contributed by atoms with van der Waals surface area (Å²) in [7, 11) is 0. The van der Waals surface area contributed by atoms with Crippen LogP contribution in [0.25, 0.3) is 0 Å². The van der Waals surface area contributed by atoms with E-state index in [0.29, 0.717) is 0 Å². The van der Waals surface area contributed by atoms with Gasteiger partial charge in [0.1, 0.15) is 0 Å². The molecule has 4 heteroatoms. The van der Waals surface area contributed by atoms with E-state index in [-0.39, 0.29) is 11.9 Å². The second kappa shape index (κ2) is 9.35. The second-order valence-electron chi connectivity index (χ2n) is 6.46. The van der Waals surface area contributed by atoms with Crippen LogP contribution in [0.2, 0.25) is 0 Å². The molecule has 1 atom stereocenters. The summed E-state index contributed by atoms with van der Waals surface area (Å²) in [6.07, 6.45) is 7.42. The first-order chi connectivity index (χ1) is 9.54. The molecule has 1 saturated carbocycles. The summed E-state index contributed by atoms with van der Waals surface area (Å²) < 4.78 is 0. The number of carbonyl (C=O) groups excluding carboxylic acids is 1. The van der Waals surface area contributed by atoms with Crippen LogP contribution in [-0.2, 0) is 4.79 Å². The molecule has 1 amide bonds. The van der Waals surface area contributed by atoms with Crippen LogP contribution in [0.4, 0.5) is 0 Å². The highest BCUT2D eigenvalue weighted by molar-refractivity contribution is 5.79. The number of hydrogen-bond donors (Lipinski definition) is 2. The van der Waals surface area contributed by atoms with Gasteiger partial charge in [-0.2, -0.15) is 0 Å². The number of nitrogens with zero attached hydrogens (tertiary/aromatic N) is 1. The Balaban J connectivity index is 2.47. The Morgan fingerprint density at radius 1 is 1.25 bits per heavy atom. The Kier molecular flexibility index (Phi) is 8.15. The van der Waals surface area contributed by atoms with E-state index in [1.165, 1.54) is 32.1 Å². The van der Waals surface area contributed by atoms with Crippen molar-refractivity contribution in [1.82, 2.24) is 10.2 Å². The van der Waals surface area contributed by atoms with Crippen molar-refractivity contribution in [3.05, 3.63) is 0 Å². The van der Waals surface area contributed by atoms with E-state index in [2.05, 4.69) is 24.1 Å². The summed E-state index contributed by atoms with van der Waals surface area (Å²) in [5.41, 5.74) is 5.46. The molecule has 3 N–H and O–H groups in total. The number of nitrogens with one attached hydrogen (secondary N) is 1. The van der Waals surface area contributed by atoms with E-state index in [1.54, 1.807) is 0 Å². The van der Waals surface area contributed by atoms with E-state index in [4.69, 9.17) is 5.73 Å². The van der Waals surface area contributed by atoms with Crippen molar-refractivity contribution in [3.63, 3.8) is 0 Å². The van der Waals surface area contributed by atoms with Crippen molar-refractivity contribution < 1.29 is 4.79 Å². The lowest BCUT2D eigenvalue weighted by molar-refractivity contribution is -0.120. The molecule has 0 heterocycles. The molecule has 0 aromatic carbocycles. The predicted molar refractivity (Wildman–Crippen MR) is 84.6 cm³/mol. The fraction of sp³-hybridized carbons (Fsp3) is 0.938. The van der Waals surface area contributed by atoms with Crippen LogP contribution in [0.3, 0.4) is 0 Å². The summed E-state index contributed by atoms with van der Waals surface area (Å²) in [5.74, 6) is 0.515. The number of amides is 1. The topological polar surface area (TPSA) is 58.4 Å². The minimum Gasteiger partial charge on any atom is -0.368 e. The zero-order chi connectivity index (χ0) is 15.0. The van der Waals surface area contributed by atoms with Gasteiger partial charge in [0.15, 0.2) is 0 Å². The average Bonchev–Trinajstić information content (AvgIpc) is 2.90. The van der Waals surface area contributed by atoms with Crippen LogP contribution in [-0.4, -0.2) is 42.5 Å². The quantitative estimate of drug-likeness (QED) is 0.646. The van der Waals surface area contributed by atoms with Gasteiger partial charge in [-0.15, -0.1) is 0 Å². The molecule has 1 fully saturated rings. The van der Waals surface area contributed by atoms with Crippen molar-refractivity contribution in [2.45, 2.75) is 71.4 Å². The van der Waals surface area contributed by atoms with Crippen molar-refractivity contribution in [1.29, 1.82) is 0 Å². The van der Waals surface area contributed by atoms with Crippen molar-refractivity contribution in [3.8, 4) is 0 Å². The molecule has 0 saturated heterocycles. The molecule has 0 aliphatic heterocycles. The van der Waals surface area contributed by atoms with E-state index < -0.39 is 0 Å². The Bertz CT molecular complexity index is 275. The van der Waals surface area contributed by atoms with E-state index in [1.807, 2.05) is 6.92 Å². The Hall–Kier alpha value is -0.610. The smallest absolute Gasteiger partial charge is 0.234 e. The van der Waals surface area contributed by atoms with Crippen LogP contribution < -0.4 is 11.1 Å². The third-order valence-electron chi connectivity index (χ3n) is 4.33. The minimum absolute atomic E-state index is 0.178. The van der Waals surface area contributed by atoms with Gasteiger partial charge in [-0.1, -0.05) is 33.6 Å². The monoisotopic (exact) mass is 283 g/mol. The Morgan fingerprint density at radius 3 is 2.35 bits per heavy atom. The summed E-state index contributed by atoms with van der Waals surface area (Å²) in [6.45, 7) is 9.50. The van der Waals surface area contributed by atoms with Crippen molar-refractivity contribution >= 4 is 5.91 Å². The maximum Gasteiger partial charge on any atom is 0.234 e. The Morgan fingerprint density at radius 2 is 1.85 bits per heavy atom. The SMILES string of the molecule is CCNC(CCN(CCC(C)C)C1CCCC1)C(N)=O. The normalized spacial score (nSPS) is 18.1. The molecule has 1 aliphatic carbocycles. The predicted octanol–water partition coefficient (Wildman–Crippen LogP) is 2.13. The van der Waals surface area contributed by atoms with Crippen LogP contribution >= 0.6 is 0 Å². The second-order valence-corrected chi connectivity index (χ2v) is 6.46. The maximum atomic E-state index is 11.4. The molecular formula is C16H33N3O. The van der Waals surface area contributed by atoms with Crippen molar-refractivity contribution in [2.75, 3.05) is 19.6 Å². The molecule has 1 aliphatic rings. The number of hydrogen-bond acceptors (Lipinski definition) is 3. The number of likely N-dealkylation sites (N-methyl/N-ethyl adjacent to an activating group) is 1. The lowest BCUT2D eigenvalue weighted by Gasteiger charge is -2.30. The van der Waals surface area contributed by atoms with Crippen molar-refractivity contribution in [2.24, 2.45) is 11.7 Å². The first-order valence-corrected chi connectivity index (χ1v) is 8.31. The molecule has 0 radical (unpaired) electrons. The minimum atomic E-state index is -0.220. The molecule has 0 aromatic rings. The molecule has 118 valence electrons. The highest BCUT2D eigenvalue weighted by Crippen LogP contribution is 2.24. The summed E-state index contributed by atoms with van der Waals surface area (Å²) in [5, 5.41) is 3.19. The summed E-state index contributed by atoms with van der Waals surface area (Å²) in [6, 6.07) is 0.548. The number of rotatable bonds is 10. The fourth-order valence-electron chi connectivity index (χ4n) is 3.06. The van der Waals surface area contributed by atoms with Gasteiger partial charge in [-0.25, -0.2) is 0 Å². The largest absolute Gasteiger partial charge is 0.368 e. The fourth-order valence-corrected chi connectivity index (χ4v) is 3.06. The molecule has 0 aromatic heterocycles. The van der Waals surface area contributed by atoms with Crippen LogP contribution in [0.5, 0.6) is 0 Å². The third-order valence-corrected chi connectivity index (χ3v) is 4.33. The van der Waals surface area contributed by atoms with Gasteiger partial charge >= 0.3 is 0 Å². The molecule has 0 bridgehead atoms. The van der Waals surface area contributed by atoms with Crippen LogP contribution in [0.15, 0.2) is 0 Å². The van der Waals surface area contributed by atoms with Crippen LogP contribution in [0.1, 0.15) is 59.3 Å². The third kappa shape index (κ3) is 6.23. The van der Waals surface area contributed by atoms with Gasteiger partial charge in [-0.3, -0.25) is 4.79 Å². The number of primary amides is 1. The molecule has 20 heavy (non-hydrogen) atoms. The van der Waals surface area contributed by atoms with Crippen LogP contribution in [0, 0.1) is 5.92 Å². The van der Waals surface area contributed by atoms with Gasteiger partial charge in [-0.05, 0) is 44.7 Å². The number of carbonyl (C=O) groups is 1. The summed E-state index contributed by atoms with van der Waals surface area (Å²) in [4.78, 5) is 14.0.